The summed E-state index contributed by atoms with van der Waals surface area (Å²) >= 11 is 0. The lowest BCUT2D eigenvalue weighted by Gasteiger charge is -2.34. The van der Waals surface area contributed by atoms with E-state index in [9.17, 15) is 13.2 Å². The van der Waals surface area contributed by atoms with Crippen LogP contribution in [0.15, 0.2) is 0 Å². The summed E-state index contributed by atoms with van der Waals surface area (Å²) in [5.41, 5.74) is 5.46. The smallest absolute Gasteiger partial charge is 0.372 e. The molecule has 21 heavy (non-hydrogen) atoms. The average molecular weight is 311 g/mol. The zero-order valence-corrected chi connectivity index (χ0v) is 12.7. The quantitative estimate of drug-likeness (QED) is 0.624. The van der Waals surface area contributed by atoms with Gasteiger partial charge >= 0.3 is 6.18 Å². The van der Waals surface area contributed by atoms with Crippen molar-refractivity contribution < 1.29 is 17.9 Å². The predicted octanol–water partition coefficient (Wildman–Crippen LogP) is 1.70. The third-order valence-corrected chi connectivity index (χ3v) is 3.67. The third kappa shape index (κ3) is 10.1. The SMILES string of the molecule is NCCCCCN1CCN(CCCOCC(F)(F)F)CC1. The molecular weight excluding hydrogens is 283 g/mol. The van der Waals surface area contributed by atoms with Gasteiger partial charge in [0.05, 0.1) is 0 Å². The van der Waals surface area contributed by atoms with Gasteiger partial charge in [0.15, 0.2) is 0 Å². The first-order valence-electron chi connectivity index (χ1n) is 7.80. The van der Waals surface area contributed by atoms with Crippen LogP contribution >= 0.6 is 0 Å². The van der Waals surface area contributed by atoms with E-state index in [2.05, 4.69) is 14.5 Å². The highest BCUT2D eigenvalue weighted by Crippen LogP contribution is 2.14. The molecule has 1 heterocycles. The van der Waals surface area contributed by atoms with Gasteiger partial charge in [0, 0.05) is 39.3 Å². The number of unbranched alkanes of at least 4 members (excludes halogenated alkanes) is 2. The molecule has 0 atom stereocenters. The van der Waals surface area contributed by atoms with E-state index in [0.29, 0.717) is 6.42 Å². The molecule has 1 aliphatic rings. The normalized spacial score (nSPS) is 18.3. The van der Waals surface area contributed by atoms with Crippen molar-refractivity contribution in [3.8, 4) is 0 Å². The highest BCUT2D eigenvalue weighted by Gasteiger charge is 2.27. The third-order valence-electron chi connectivity index (χ3n) is 3.67. The van der Waals surface area contributed by atoms with Crippen molar-refractivity contribution in [3.63, 3.8) is 0 Å². The Morgan fingerprint density at radius 2 is 1.43 bits per heavy atom. The highest BCUT2D eigenvalue weighted by molar-refractivity contribution is 4.71. The van der Waals surface area contributed by atoms with Crippen molar-refractivity contribution in [2.75, 3.05) is 59.0 Å². The lowest BCUT2D eigenvalue weighted by atomic mass is 10.2. The number of nitrogens with zero attached hydrogens (tertiary/aromatic N) is 2. The molecule has 0 aromatic heterocycles. The number of nitrogens with two attached hydrogens (primary N) is 1. The average Bonchev–Trinajstić information content (AvgIpc) is 2.43. The van der Waals surface area contributed by atoms with E-state index >= 15 is 0 Å². The molecular formula is C14H28F3N3O. The molecule has 0 spiro atoms. The summed E-state index contributed by atoms with van der Waals surface area (Å²) in [5.74, 6) is 0. The van der Waals surface area contributed by atoms with Gasteiger partial charge < -0.3 is 20.3 Å². The zero-order valence-electron chi connectivity index (χ0n) is 12.7. The zero-order chi connectivity index (χ0) is 15.6. The summed E-state index contributed by atoms with van der Waals surface area (Å²) in [4.78, 5) is 4.75. The fourth-order valence-corrected chi connectivity index (χ4v) is 2.47. The van der Waals surface area contributed by atoms with E-state index in [1.807, 2.05) is 0 Å². The van der Waals surface area contributed by atoms with Crippen LogP contribution in [0, 0.1) is 0 Å². The first-order valence-corrected chi connectivity index (χ1v) is 7.80. The topological polar surface area (TPSA) is 41.7 Å². The Kier molecular flexibility index (Phi) is 9.23. The number of ether oxygens (including phenoxy) is 1. The molecule has 0 aliphatic carbocycles. The van der Waals surface area contributed by atoms with E-state index in [0.717, 1.165) is 52.2 Å². The minimum atomic E-state index is -4.21. The van der Waals surface area contributed by atoms with Gasteiger partial charge in [-0.1, -0.05) is 6.42 Å². The van der Waals surface area contributed by atoms with Crippen LogP contribution in [-0.4, -0.2) is 75.0 Å². The fourth-order valence-electron chi connectivity index (χ4n) is 2.47. The molecule has 0 bridgehead atoms. The van der Waals surface area contributed by atoms with Crippen molar-refractivity contribution in [3.05, 3.63) is 0 Å². The molecule has 0 aromatic carbocycles. The van der Waals surface area contributed by atoms with Crippen LogP contribution < -0.4 is 5.73 Å². The van der Waals surface area contributed by atoms with Crippen molar-refractivity contribution in [2.24, 2.45) is 5.73 Å². The van der Waals surface area contributed by atoms with E-state index in [-0.39, 0.29) is 6.61 Å². The second-order valence-corrected chi connectivity index (χ2v) is 5.55. The molecule has 0 amide bonds. The summed E-state index contributed by atoms with van der Waals surface area (Å²) < 4.78 is 40.3. The second kappa shape index (κ2) is 10.4. The molecule has 1 rings (SSSR count). The van der Waals surface area contributed by atoms with Gasteiger partial charge in [-0.05, 0) is 32.4 Å². The van der Waals surface area contributed by atoms with E-state index in [1.165, 1.54) is 12.8 Å². The highest BCUT2D eigenvalue weighted by atomic mass is 19.4. The first kappa shape index (κ1) is 18.7. The van der Waals surface area contributed by atoms with Gasteiger partial charge in [-0.25, -0.2) is 0 Å². The summed E-state index contributed by atoms with van der Waals surface area (Å²) in [6.45, 7) is 5.85. The van der Waals surface area contributed by atoms with Gasteiger partial charge in [-0.3, -0.25) is 0 Å². The van der Waals surface area contributed by atoms with Crippen LogP contribution in [-0.2, 0) is 4.74 Å². The van der Waals surface area contributed by atoms with E-state index in [4.69, 9.17) is 5.73 Å². The molecule has 0 saturated carbocycles. The molecule has 0 unspecified atom stereocenters. The van der Waals surface area contributed by atoms with Crippen LogP contribution in [0.4, 0.5) is 13.2 Å². The molecule has 4 nitrogen and oxygen atoms in total. The Labute approximate surface area is 125 Å². The summed E-state index contributed by atoms with van der Waals surface area (Å²) in [7, 11) is 0. The maximum Gasteiger partial charge on any atom is 0.411 e. The monoisotopic (exact) mass is 311 g/mol. The maximum absolute atomic E-state index is 11.9. The minimum Gasteiger partial charge on any atom is -0.372 e. The Morgan fingerprint density at radius 1 is 0.857 bits per heavy atom. The van der Waals surface area contributed by atoms with Crippen LogP contribution in [0.25, 0.3) is 0 Å². The summed E-state index contributed by atoms with van der Waals surface area (Å²) in [6, 6.07) is 0. The Hall–Kier alpha value is -0.370. The van der Waals surface area contributed by atoms with Crippen LogP contribution in [0.5, 0.6) is 0 Å². The molecule has 7 heteroatoms. The first-order chi connectivity index (χ1) is 10.0. The van der Waals surface area contributed by atoms with E-state index < -0.39 is 12.8 Å². The second-order valence-electron chi connectivity index (χ2n) is 5.55. The number of piperazine rings is 1. The van der Waals surface area contributed by atoms with Crippen LogP contribution in [0.2, 0.25) is 0 Å². The van der Waals surface area contributed by atoms with E-state index in [1.54, 1.807) is 0 Å². The molecule has 1 fully saturated rings. The molecule has 1 aliphatic heterocycles. The van der Waals surface area contributed by atoms with Crippen LogP contribution in [0.1, 0.15) is 25.7 Å². The number of hydrogen-bond acceptors (Lipinski definition) is 4. The Morgan fingerprint density at radius 3 is 1.95 bits per heavy atom. The fraction of sp³-hybridized carbons (Fsp3) is 1.00. The summed E-state index contributed by atoms with van der Waals surface area (Å²) in [5, 5.41) is 0. The minimum absolute atomic E-state index is 0.179. The number of hydrogen-bond donors (Lipinski definition) is 1. The van der Waals surface area contributed by atoms with Crippen molar-refractivity contribution in [1.82, 2.24) is 9.80 Å². The molecule has 0 radical (unpaired) electrons. The van der Waals surface area contributed by atoms with Gasteiger partial charge in [-0.2, -0.15) is 13.2 Å². The number of alkyl halides is 3. The lowest BCUT2D eigenvalue weighted by molar-refractivity contribution is -0.174. The number of rotatable bonds is 10. The van der Waals surface area contributed by atoms with Crippen molar-refractivity contribution >= 4 is 0 Å². The lowest BCUT2D eigenvalue weighted by Crippen LogP contribution is -2.46. The maximum atomic E-state index is 11.9. The summed E-state index contributed by atoms with van der Waals surface area (Å²) in [6.07, 6.45) is -0.0737. The van der Waals surface area contributed by atoms with Gasteiger partial charge in [0.2, 0.25) is 0 Å². The molecule has 126 valence electrons. The van der Waals surface area contributed by atoms with Crippen LogP contribution in [0.3, 0.4) is 0 Å². The largest absolute Gasteiger partial charge is 0.411 e. The Bertz CT molecular complexity index is 256. The molecule has 0 aromatic rings. The Balaban J connectivity index is 1.95. The number of halogens is 3. The predicted molar refractivity (Wildman–Crippen MR) is 77.3 cm³/mol. The molecule has 2 N–H and O–H groups in total. The molecule has 1 saturated heterocycles. The standard InChI is InChI=1S/C14H28F3N3O/c15-14(16,17)13-21-12-4-7-20-10-8-19(9-11-20)6-3-1-2-5-18/h1-13,18H2. The van der Waals surface area contributed by atoms with Gasteiger partial charge in [0.1, 0.15) is 6.61 Å². The van der Waals surface area contributed by atoms with Gasteiger partial charge in [-0.15, -0.1) is 0 Å². The van der Waals surface area contributed by atoms with Gasteiger partial charge in [0.25, 0.3) is 0 Å². The van der Waals surface area contributed by atoms with Crippen molar-refractivity contribution in [2.45, 2.75) is 31.9 Å². The van der Waals surface area contributed by atoms with Crippen molar-refractivity contribution in [1.29, 1.82) is 0 Å².